The lowest BCUT2D eigenvalue weighted by molar-refractivity contribution is 0.101. The zero-order chi connectivity index (χ0) is 18.7. The van der Waals surface area contributed by atoms with Gasteiger partial charge in [0.05, 0.1) is 30.4 Å². The van der Waals surface area contributed by atoms with Crippen LogP contribution in [-0.2, 0) is 0 Å². The second-order valence-corrected chi connectivity index (χ2v) is 5.89. The fraction of sp³-hybridized carbons (Fsp3) is 0.250. The topological polar surface area (TPSA) is 73.3 Å². The lowest BCUT2D eigenvalue weighted by atomic mass is 10.1. The van der Waals surface area contributed by atoms with E-state index in [1.807, 2.05) is 45.0 Å². The van der Waals surface area contributed by atoms with Gasteiger partial charge in [-0.1, -0.05) is 12.1 Å². The number of aromatic nitrogens is 2. The van der Waals surface area contributed by atoms with Crippen molar-refractivity contribution in [2.45, 2.75) is 20.8 Å². The lowest BCUT2D eigenvalue weighted by Gasteiger charge is -2.13. The Morgan fingerprint density at radius 3 is 2.38 bits per heavy atom. The molecule has 0 bridgehead atoms. The van der Waals surface area contributed by atoms with E-state index in [9.17, 15) is 4.79 Å². The fourth-order valence-electron chi connectivity index (χ4n) is 2.61. The molecule has 0 aliphatic heterocycles. The molecule has 0 fully saturated rings. The Kier molecular flexibility index (Phi) is 5.02. The van der Waals surface area contributed by atoms with E-state index in [-0.39, 0.29) is 11.6 Å². The molecular formula is C20H21N3O3. The first-order valence-electron chi connectivity index (χ1n) is 8.39. The number of hydrogen-bond donors (Lipinski definition) is 1. The maximum atomic E-state index is 12.8. The van der Waals surface area contributed by atoms with Gasteiger partial charge in [0.2, 0.25) is 5.88 Å². The molecule has 0 radical (unpaired) electrons. The molecule has 26 heavy (non-hydrogen) atoms. The molecule has 0 unspecified atom stereocenters. The summed E-state index contributed by atoms with van der Waals surface area (Å²) in [5.41, 5.74) is 4.26. The molecule has 6 heteroatoms. The molecule has 0 aliphatic carbocycles. The molecule has 0 saturated carbocycles. The highest BCUT2D eigenvalue weighted by Gasteiger charge is 2.19. The van der Waals surface area contributed by atoms with Gasteiger partial charge in [0.15, 0.2) is 5.69 Å². The highest BCUT2D eigenvalue weighted by atomic mass is 16.5. The molecule has 2 aromatic carbocycles. The minimum atomic E-state index is -0.398. The fourth-order valence-corrected chi connectivity index (χ4v) is 2.61. The first kappa shape index (κ1) is 17.7. The number of anilines is 1. The van der Waals surface area contributed by atoms with E-state index in [0.717, 1.165) is 11.1 Å². The third kappa shape index (κ3) is 3.44. The van der Waals surface area contributed by atoms with E-state index in [1.54, 1.807) is 19.2 Å². The average Bonchev–Trinajstić information content (AvgIpc) is 2.63. The molecule has 0 saturated heterocycles. The van der Waals surface area contributed by atoms with Gasteiger partial charge in [-0.3, -0.25) is 4.79 Å². The SMILES string of the molecule is CCOc1nc2cc(C)c(C)cc2nc1C(=O)Nc1ccccc1OC. The Labute approximate surface area is 152 Å². The minimum Gasteiger partial charge on any atom is -0.495 e. The van der Waals surface area contributed by atoms with Crippen molar-refractivity contribution in [2.75, 3.05) is 19.0 Å². The summed E-state index contributed by atoms with van der Waals surface area (Å²) >= 11 is 0. The number of amides is 1. The van der Waals surface area contributed by atoms with Gasteiger partial charge < -0.3 is 14.8 Å². The number of carbonyl (C=O) groups excluding carboxylic acids is 1. The van der Waals surface area contributed by atoms with Crippen LogP contribution >= 0.6 is 0 Å². The summed E-state index contributed by atoms with van der Waals surface area (Å²) in [6.45, 7) is 6.24. The van der Waals surface area contributed by atoms with E-state index >= 15 is 0 Å². The van der Waals surface area contributed by atoms with E-state index in [2.05, 4.69) is 15.3 Å². The summed E-state index contributed by atoms with van der Waals surface area (Å²) in [6.07, 6.45) is 0. The van der Waals surface area contributed by atoms with E-state index in [1.165, 1.54) is 0 Å². The zero-order valence-electron chi connectivity index (χ0n) is 15.3. The predicted octanol–water partition coefficient (Wildman–Crippen LogP) is 3.91. The summed E-state index contributed by atoms with van der Waals surface area (Å²) < 4.78 is 10.8. The number of methoxy groups -OCH3 is 1. The summed E-state index contributed by atoms with van der Waals surface area (Å²) in [6, 6.07) is 11.1. The first-order chi connectivity index (χ1) is 12.5. The number of hydrogen-bond acceptors (Lipinski definition) is 5. The van der Waals surface area contributed by atoms with Crippen LogP contribution in [0.4, 0.5) is 5.69 Å². The van der Waals surface area contributed by atoms with Gasteiger partial charge in [-0.05, 0) is 56.2 Å². The molecule has 1 amide bonds. The summed E-state index contributed by atoms with van der Waals surface area (Å²) in [5, 5.41) is 2.82. The molecule has 1 heterocycles. The van der Waals surface area contributed by atoms with Crippen molar-refractivity contribution in [1.82, 2.24) is 9.97 Å². The Morgan fingerprint density at radius 2 is 1.73 bits per heavy atom. The van der Waals surface area contributed by atoms with Gasteiger partial charge in [0.1, 0.15) is 5.75 Å². The number of fused-ring (bicyclic) bond motifs is 1. The van der Waals surface area contributed by atoms with Crippen LogP contribution in [0.3, 0.4) is 0 Å². The van der Waals surface area contributed by atoms with Crippen LogP contribution in [0.15, 0.2) is 36.4 Å². The van der Waals surface area contributed by atoms with Crippen molar-refractivity contribution < 1.29 is 14.3 Å². The van der Waals surface area contributed by atoms with Crippen molar-refractivity contribution in [2.24, 2.45) is 0 Å². The molecule has 1 N–H and O–H groups in total. The normalized spacial score (nSPS) is 10.6. The third-order valence-corrected chi connectivity index (χ3v) is 4.10. The van der Waals surface area contributed by atoms with Gasteiger partial charge in [-0.2, -0.15) is 0 Å². The maximum absolute atomic E-state index is 12.8. The third-order valence-electron chi connectivity index (χ3n) is 4.10. The van der Waals surface area contributed by atoms with Crippen molar-refractivity contribution >= 4 is 22.6 Å². The Hall–Kier alpha value is -3.15. The summed E-state index contributed by atoms with van der Waals surface area (Å²) in [7, 11) is 1.55. The Morgan fingerprint density at radius 1 is 1.08 bits per heavy atom. The second-order valence-electron chi connectivity index (χ2n) is 5.89. The number of nitrogens with zero attached hydrogens (tertiary/aromatic N) is 2. The van der Waals surface area contributed by atoms with Crippen LogP contribution in [0, 0.1) is 13.8 Å². The van der Waals surface area contributed by atoms with Crippen molar-refractivity contribution in [3.63, 3.8) is 0 Å². The van der Waals surface area contributed by atoms with Crippen molar-refractivity contribution in [1.29, 1.82) is 0 Å². The molecular weight excluding hydrogens is 330 g/mol. The molecule has 3 aromatic rings. The average molecular weight is 351 g/mol. The molecule has 0 spiro atoms. The van der Waals surface area contributed by atoms with Gasteiger partial charge in [-0.25, -0.2) is 9.97 Å². The summed E-state index contributed by atoms with van der Waals surface area (Å²) in [5.74, 6) is 0.389. The van der Waals surface area contributed by atoms with Crippen molar-refractivity contribution in [3.05, 3.63) is 53.2 Å². The lowest BCUT2D eigenvalue weighted by Crippen LogP contribution is -2.17. The largest absolute Gasteiger partial charge is 0.495 e. The number of carbonyl (C=O) groups is 1. The highest BCUT2D eigenvalue weighted by molar-refractivity contribution is 6.06. The van der Waals surface area contributed by atoms with E-state index < -0.39 is 5.91 Å². The van der Waals surface area contributed by atoms with Gasteiger partial charge in [0.25, 0.3) is 5.91 Å². The van der Waals surface area contributed by atoms with Crippen LogP contribution in [-0.4, -0.2) is 29.6 Å². The monoisotopic (exact) mass is 351 g/mol. The Bertz CT molecular complexity index is 970. The highest BCUT2D eigenvalue weighted by Crippen LogP contribution is 2.26. The van der Waals surface area contributed by atoms with E-state index in [0.29, 0.717) is 29.1 Å². The Balaban J connectivity index is 2.05. The van der Waals surface area contributed by atoms with Crippen molar-refractivity contribution in [3.8, 4) is 11.6 Å². The molecule has 0 aliphatic rings. The maximum Gasteiger partial charge on any atom is 0.280 e. The van der Waals surface area contributed by atoms with Gasteiger partial charge >= 0.3 is 0 Å². The molecule has 1 aromatic heterocycles. The smallest absolute Gasteiger partial charge is 0.280 e. The van der Waals surface area contributed by atoms with Crippen LogP contribution < -0.4 is 14.8 Å². The van der Waals surface area contributed by atoms with Gasteiger partial charge in [-0.15, -0.1) is 0 Å². The van der Waals surface area contributed by atoms with Crippen LogP contribution in [0.25, 0.3) is 11.0 Å². The summed E-state index contributed by atoms with van der Waals surface area (Å²) in [4.78, 5) is 21.8. The van der Waals surface area contributed by atoms with E-state index in [4.69, 9.17) is 9.47 Å². The standard InChI is InChI=1S/C20H21N3O3/c1-5-26-20-18(19(24)22-14-8-6-7-9-17(14)25-4)21-15-10-12(2)13(3)11-16(15)23-20/h6-11H,5H2,1-4H3,(H,22,24). The number of para-hydroxylation sites is 2. The predicted molar refractivity (Wildman–Crippen MR) is 101 cm³/mol. The molecule has 3 rings (SSSR count). The van der Waals surface area contributed by atoms with Crippen LogP contribution in [0.5, 0.6) is 11.6 Å². The minimum absolute atomic E-state index is 0.147. The number of nitrogens with one attached hydrogen (secondary N) is 1. The second kappa shape index (κ2) is 7.39. The molecule has 134 valence electrons. The quantitative estimate of drug-likeness (QED) is 0.754. The molecule has 0 atom stereocenters. The molecule has 6 nitrogen and oxygen atoms in total. The van der Waals surface area contributed by atoms with Crippen LogP contribution in [0.1, 0.15) is 28.5 Å². The number of benzene rings is 2. The number of aryl methyl sites for hydroxylation is 2. The first-order valence-corrected chi connectivity index (χ1v) is 8.39. The number of rotatable bonds is 5. The van der Waals surface area contributed by atoms with Gasteiger partial charge in [0, 0.05) is 0 Å². The number of ether oxygens (including phenoxy) is 2. The zero-order valence-corrected chi connectivity index (χ0v) is 15.3. The van der Waals surface area contributed by atoms with Crippen LogP contribution in [0.2, 0.25) is 0 Å².